The van der Waals surface area contributed by atoms with Gasteiger partial charge < -0.3 is 10.2 Å². The average molecular weight is 390 g/mol. The predicted molar refractivity (Wildman–Crippen MR) is 112 cm³/mol. The first kappa shape index (κ1) is 19.1. The third-order valence-electron chi connectivity index (χ3n) is 5.39. The molecule has 0 saturated carbocycles. The number of para-hydroxylation sites is 1. The smallest absolute Gasteiger partial charge is 0.253 e. The van der Waals surface area contributed by atoms with Gasteiger partial charge in [0.15, 0.2) is 5.82 Å². The zero-order valence-electron chi connectivity index (χ0n) is 16.9. The van der Waals surface area contributed by atoms with Crippen molar-refractivity contribution in [2.24, 2.45) is 5.92 Å². The van der Waals surface area contributed by atoms with Gasteiger partial charge in [0.05, 0.1) is 12.2 Å². The van der Waals surface area contributed by atoms with E-state index in [-0.39, 0.29) is 5.91 Å². The van der Waals surface area contributed by atoms with E-state index >= 15 is 0 Å². The number of hydrogen-bond donors (Lipinski definition) is 1. The SMILES string of the molecule is Cc1cc(C(=O)N2CCCC(C)C2)ccc1NCc1nnnn1-c1ccccc1. The van der Waals surface area contributed by atoms with Crippen molar-refractivity contribution in [3.63, 3.8) is 0 Å². The van der Waals surface area contributed by atoms with Crippen LogP contribution in [0.2, 0.25) is 0 Å². The fraction of sp³-hybridized carbons (Fsp3) is 0.364. The van der Waals surface area contributed by atoms with E-state index in [0.29, 0.717) is 12.5 Å². The number of carbonyl (C=O) groups excluding carboxylic acids is 1. The number of nitrogens with zero attached hydrogens (tertiary/aromatic N) is 5. The minimum atomic E-state index is 0.124. The summed E-state index contributed by atoms with van der Waals surface area (Å²) in [6, 6.07) is 15.6. The number of nitrogens with one attached hydrogen (secondary N) is 1. The summed E-state index contributed by atoms with van der Waals surface area (Å²) in [4.78, 5) is 14.8. The molecule has 7 heteroatoms. The molecule has 0 spiro atoms. The number of rotatable bonds is 5. The summed E-state index contributed by atoms with van der Waals surface area (Å²) < 4.78 is 1.72. The molecule has 4 rings (SSSR count). The van der Waals surface area contributed by atoms with E-state index in [1.807, 2.05) is 60.4 Å². The number of anilines is 1. The highest BCUT2D eigenvalue weighted by molar-refractivity contribution is 5.95. The minimum Gasteiger partial charge on any atom is -0.377 e. The van der Waals surface area contributed by atoms with Gasteiger partial charge in [-0.25, -0.2) is 0 Å². The molecule has 1 fully saturated rings. The summed E-state index contributed by atoms with van der Waals surface area (Å²) in [5.41, 5.74) is 3.66. The Morgan fingerprint density at radius 1 is 1.21 bits per heavy atom. The Morgan fingerprint density at radius 3 is 2.79 bits per heavy atom. The van der Waals surface area contributed by atoms with E-state index in [0.717, 1.165) is 47.8 Å². The summed E-state index contributed by atoms with van der Waals surface area (Å²) in [7, 11) is 0. The summed E-state index contributed by atoms with van der Waals surface area (Å²) in [6.07, 6.45) is 2.29. The van der Waals surface area contributed by atoms with Crippen LogP contribution in [0, 0.1) is 12.8 Å². The highest BCUT2D eigenvalue weighted by Gasteiger charge is 2.22. The van der Waals surface area contributed by atoms with Crippen LogP contribution < -0.4 is 5.32 Å². The van der Waals surface area contributed by atoms with Crippen molar-refractivity contribution < 1.29 is 4.79 Å². The van der Waals surface area contributed by atoms with Crippen molar-refractivity contribution in [3.8, 4) is 5.69 Å². The van der Waals surface area contributed by atoms with Crippen molar-refractivity contribution in [1.29, 1.82) is 0 Å². The Morgan fingerprint density at radius 2 is 2.03 bits per heavy atom. The highest BCUT2D eigenvalue weighted by atomic mass is 16.2. The zero-order chi connectivity index (χ0) is 20.2. The van der Waals surface area contributed by atoms with Gasteiger partial charge in [-0.2, -0.15) is 4.68 Å². The molecule has 0 bridgehead atoms. The Balaban J connectivity index is 1.45. The number of aromatic nitrogens is 4. The molecule has 1 saturated heterocycles. The predicted octanol–water partition coefficient (Wildman–Crippen LogP) is 3.45. The van der Waals surface area contributed by atoms with Crippen LogP contribution in [-0.4, -0.2) is 44.1 Å². The summed E-state index contributed by atoms with van der Waals surface area (Å²) in [6.45, 7) is 6.41. The second kappa shape index (κ2) is 8.43. The topological polar surface area (TPSA) is 75.9 Å². The van der Waals surface area contributed by atoms with E-state index in [1.54, 1.807) is 4.68 Å². The fourth-order valence-electron chi connectivity index (χ4n) is 3.81. The molecule has 1 unspecified atom stereocenters. The van der Waals surface area contributed by atoms with E-state index in [2.05, 4.69) is 27.8 Å². The molecule has 1 aliphatic heterocycles. The number of amides is 1. The normalized spacial score (nSPS) is 16.6. The maximum Gasteiger partial charge on any atom is 0.253 e. The minimum absolute atomic E-state index is 0.124. The molecule has 7 nitrogen and oxygen atoms in total. The maximum atomic E-state index is 12.8. The molecule has 1 aliphatic rings. The van der Waals surface area contributed by atoms with Gasteiger partial charge >= 0.3 is 0 Å². The van der Waals surface area contributed by atoms with E-state index in [9.17, 15) is 4.79 Å². The van der Waals surface area contributed by atoms with Crippen molar-refractivity contribution in [2.75, 3.05) is 18.4 Å². The summed E-state index contributed by atoms with van der Waals surface area (Å²) in [5.74, 6) is 1.42. The lowest BCUT2D eigenvalue weighted by Gasteiger charge is -2.31. The molecule has 150 valence electrons. The van der Waals surface area contributed by atoms with Gasteiger partial charge in [-0.3, -0.25) is 4.79 Å². The Hall–Kier alpha value is -3.22. The van der Waals surface area contributed by atoms with Gasteiger partial charge in [0, 0.05) is 24.3 Å². The molecule has 0 aliphatic carbocycles. The van der Waals surface area contributed by atoms with Crippen LogP contribution in [0.5, 0.6) is 0 Å². The maximum absolute atomic E-state index is 12.8. The first-order valence-corrected chi connectivity index (χ1v) is 10.1. The fourth-order valence-corrected chi connectivity index (χ4v) is 3.81. The number of hydrogen-bond acceptors (Lipinski definition) is 5. The standard InChI is InChI=1S/C22H26N6O/c1-16-7-6-12-27(15-16)22(29)18-10-11-20(17(2)13-18)23-14-21-24-25-26-28(21)19-8-4-3-5-9-19/h3-5,8-11,13,16,23H,6-7,12,14-15H2,1-2H3. The van der Waals surface area contributed by atoms with Crippen LogP contribution in [0.4, 0.5) is 5.69 Å². The van der Waals surface area contributed by atoms with Crippen LogP contribution in [0.25, 0.3) is 5.69 Å². The molecular weight excluding hydrogens is 364 g/mol. The molecule has 29 heavy (non-hydrogen) atoms. The first-order chi connectivity index (χ1) is 14.1. The second-order valence-electron chi connectivity index (χ2n) is 7.72. The third-order valence-corrected chi connectivity index (χ3v) is 5.39. The molecule has 0 radical (unpaired) electrons. The van der Waals surface area contributed by atoms with Crippen LogP contribution in [0.3, 0.4) is 0 Å². The third kappa shape index (κ3) is 4.29. The van der Waals surface area contributed by atoms with E-state index in [1.165, 1.54) is 6.42 Å². The van der Waals surface area contributed by atoms with Gasteiger partial charge in [0.1, 0.15) is 0 Å². The lowest BCUT2D eigenvalue weighted by molar-refractivity contribution is 0.0683. The van der Waals surface area contributed by atoms with Crippen LogP contribution in [0.15, 0.2) is 48.5 Å². The Labute approximate surface area is 170 Å². The molecule has 3 aromatic rings. The van der Waals surface area contributed by atoms with Crippen molar-refractivity contribution in [3.05, 3.63) is 65.5 Å². The van der Waals surface area contributed by atoms with Crippen LogP contribution in [-0.2, 0) is 6.54 Å². The quantitative estimate of drug-likeness (QED) is 0.722. The molecule has 1 aromatic heterocycles. The number of aryl methyl sites for hydroxylation is 1. The second-order valence-corrected chi connectivity index (χ2v) is 7.72. The summed E-state index contributed by atoms with van der Waals surface area (Å²) >= 11 is 0. The van der Waals surface area contributed by atoms with E-state index in [4.69, 9.17) is 0 Å². The van der Waals surface area contributed by atoms with Gasteiger partial charge in [-0.1, -0.05) is 25.1 Å². The Kier molecular flexibility index (Phi) is 5.55. The number of piperidine rings is 1. The lowest BCUT2D eigenvalue weighted by Crippen LogP contribution is -2.39. The number of likely N-dealkylation sites (tertiary alicyclic amines) is 1. The molecule has 2 heterocycles. The number of benzene rings is 2. The van der Waals surface area contributed by atoms with Crippen LogP contribution >= 0.6 is 0 Å². The molecule has 1 N–H and O–H groups in total. The highest BCUT2D eigenvalue weighted by Crippen LogP contribution is 2.22. The molecule has 2 aromatic carbocycles. The largest absolute Gasteiger partial charge is 0.377 e. The zero-order valence-corrected chi connectivity index (χ0v) is 16.9. The lowest BCUT2D eigenvalue weighted by atomic mass is 9.99. The molecule has 1 atom stereocenters. The van der Waals surface area contributed by atoms with Gasteiger partial charge in [-0.05, 0) is 72.0 Å². The van der Waals surface area contributed by atoms with Crippen LogP contribution in [0.1, 0.15) is 41.5 Å². The molecule has 1 amide bonds. The van der Waals surface area contributed by atoms with Crippen molar-refractivity contribution in [1.82, 2.24) is 25.1 Å². The van der Waals surface area contributed by atoms with Gasteiger partial charge in [0.25, 0.3) is 5.91 Å². The van der Waals surface area contributed by atoms with E-state index < -0.39 is 0 Å². The Bertz CT molecular complexity index is 984. The van der Waals surface area contributed by atoms with Gasteiger partial charge in [-0.15, -0.1) is 5.10 Å². The van der Waals surface area contributed by atoms with Gasteiger partial charge in [0.2, 0.25) is 0 Å². The van der Waals surface area contributed by atoms with Crippen molar-refractivity contribution >= 4 is 11.6 Å². The van der Waals surface area contributed by atoms with Crippen molar-refractivity contribution in [2.45, 2.75) is 33.2 Å². The molecular formula is C22H26N6O. The number of carbonyl (C=O) groups is 1. The summed E-state index contributed by atoms with van der Waals surface area (Å²) in [5, 5.41) is 15.4. The monoisotopic (exact) mass is 390 g/mol. The first-order valence-electron chi connectivity index (χ1n) is 10.1. The average Bonchev–Trinajstić information content (AvgIpc) is 3.21. The number of tetrazole rings is 1.